The average Bonchev–Trinajstić information content (AvgIpc) is 2.93. The van der Waals surface area contributed by atoms with Gasteiger partial charge in [0, 0.05) is 11.8 Å². The molecule has 23 heavy (non-hydrogen) atoms. The molecule has 2 heterocycles. The van der Waals surface area contributed by atoms with E-state index < -0.39 is 0 Å². The average molecular weight is 322 g/mol. The summed E-state index contributed by atoms with van der Waals surface area (Å²) < 4.78 is 1.93. The fourth-order valence-corrected chi connectivity index (χ4v) is 3.58. The molecule has 114 valence electrons. The zero-order valence-corrected chi connectivity index (χ0v) is 13.5. The number of pyridine rings is 1. The van der Waals surface area contributed by atoms with Gasteiger partial charge >= 0.3 is 0 Å². The minimum absolute atomic E-state index is 0.313. The van der Waals surface area contributed by atoms with E-state index in [1.807, 2.05) is 22.7 Å². The summed E-state index contributed by atoms with van der Waals surface area (Å²) in [4.78, 5) is 4.74. The second-order valence-electron chi connectivity index (χ2n) is 6.01. The maximum absolute atomic E-state index is 9.21. The molecule has 0 aliphatic heterocycles. The summed E-state index contributed by atoms with van der Waals surface area (Å²) in [5.41, 5.74) is 6.59. The number of hydrogen-bond acceptors (Lipinski definition) is 2. The Morgan fingerprint density at radius 3 is 2.78 bits per heavy atom. The van der Waals surface area contributed by atoms with Crippen LogP contribution in [0.3, 0.4) is 0 Å². The Kier molecular flexibility index (Phi) is 3.55. The van der Waals surface area contributed by atoms with Crippen LogP contribution in [0.1, 0.15) is 29.7 Å². The highest BCUT2D eigenvalue weighted by Crippen LogP contribution is 2.30. The van der Waals surface area contributed by atoms with Gasteiger partial charge in [0.2, 0.25) is 0 Å². The first-order valence-corrected chi connectivity index (χ1v) is 8.29. The quantitative estimate of drug-likeness (QED) is 0.692. The Morgan fingerprint density at radius 2 is 1.96 bits per heavy atom. The predicted octanol–water partition coefficient (Wildman–Crippen LogP) is 4.60. The second-order valence-corrected chi connectivity index (χ2v) is 6.44. The monoisotopic (exact) mass is 321 g/mol. The summed E-state index contributed by atoms with van der Waals surface area (Å²) >= 11 is 6.11. The van der Waals surface area contributed by atoms with Gasteiger partial charge in [-0.05, 0) is 55.0 Å². The number of aromatic nitrogens is 2. The molecule has 0 radical (unpaired) electrons. The van der Waals surface area contributed by atoms with Gasteiger partial charge in [0.15, 0.2) is 0 Å². The minimum atomic E-state index is 0.313. The molecule has 4 rings (SSSR count). The van der Waals surface area contributed by atoms with Crippen LogP contribution in [0.25, 0.3) is 16.9 Å². The van der Waals surface area contributed by atoms with Gasteiger partial charge in [-0.25, -0.2) is 4.98 Å². The lowest BCUT2D eigenvalue weighted by atomic mass is 9.89. The van der Waals surface area contributed by atoms with E-state index in [1.54, 1.807) is 0 Å². The van der Waals surface area contributed by atoms with Crippen LogP contribution in [0, 0.1) is 11.3 Å². The summed E-state index contributed by atoms with van der Waals surface area (Å²) in [6.07, 6.45) is 6.98. The Hall–Kier alpha value is -2.31. The molecule has 2 aromatic heterocycles. The van der Waals surface area contributed by atoms with Crippen molar-refractivity contribution < 1.29 is 0 Å². The third-order valence-electron chi connectivity index (χ3n) is 4.55. The molecular weight excluding hydrogens is 306 g/mol. The molecule has 0 spiro atoms. The van der Waals surface area contributed by atoms with Gasteiger partial charge in [-0.3, -0.25) is 0 Å². The number of nitriles is 1. The molecule has 0 unspecified atom stereocenters. The highest BCUT2D eigenvalue weighted by molar-refractivity contribution is 6.30. The fraction of sp³-hybridized carbons (Fsp3) is 0.263. The molecule has 0 amide bonds. The normalized spacial score (nSPS) is 13.7. The van der Waals surface area contributed by atoms with E-state index >= 15 is 0 Å². The van der Waals surface area contributed by atoms with E-state index in [2.05, 4.69) is 24.3 Å². The van der Waals surface area contributed by atoms with Crippen LogP contribution in [0.4, 0.5) is 0 Å². The summed E-state index contributed by atoms with van der Waals surface area (Å²) in [7, 11) is 0. The van der Waals surface area contributed by atoms with Gasteiger partial charge in [0.1, 0.15) is 5.65 Å². The Balaban J connectivity index is 1.91. The minimum Gasteiger partial charge on any atom is -0.301 e. The number of halogens is 1. The van der Waals surface area contributed by atoms with Gasteiger partial charge in [0.25, 0.3) is 0 Å². The van der Waals surface area contributed by atoms with Crippen molar-refractivity contribution in [3.8, 4) is 17.3 Å². The molecule has 0 fully saturated rings. The van der Waals surface area contributed by atoms with Crippen LogP contribution >= 0.6 is 11.6 Å². The molecule has 1 aromatic carbocycles. The van der Waals surface area contributed by atoms with Crippen molar-refractivity contribution in [2.75, 3.05) is 0 Å². The van der Waals surface area contributed by atoms with Crippen molar-refractivity contribution in [1.82, 2.24) is 9.38 Å². The summed E-state index contributed by atoms with van der Waals surface area (Å²) in [5, 5.41) is 9.85. The maximum Gasteiger partial charge on any atom is 0.137 e. The lowest BCUT2D eigenvalue weighted by Crippen LogP contribution is -2.02. The number of benzene rings is 1. The van der Waals surface area contributed by atoms with Gasteiger partial charge in [-0.1, -0.05) is 23.7 Å². The van der Waals surface area contributed by atoms with E-state index in [4.69, 9.17) is 16.6 Å². The van der Waals surface area contributed by atoms with Crippen LogP contribution in [0.5, 0.6) is 0 Å². The first-order chi connectivity index (χ1) is 11.3. The topological polar surface area (TPSA) is 41.1 Å². The predicted molar refractivity (Wildman–Crippen MR) is 91.6 cm³/mol. The van der Waals surface area contributed by atoms with Crippen molar-refractivity contribution in [3.05, 3.63) is 58.4 Å². The summed E-state index contributed by atoms with van der Waals surface area (Å²) in [6.45, 7) is 0. The Bertz CT molecular complexity index is 934. The zero-order chi connectivity index (χ0) is 15.8. The number of fused-ring (bicyclic) bond motifs is 2. The Labute approximate surface area is 140 Å². The van der Waals surface area contributed by atoms with Crippen molar-refractivity contribution in [2.45, 2.75) is 32.1 Å². The van der Waals surface area contributed by atoms with E-state index in [0.29, 0.717) is 11.4 Å². The first-order valence-electron chi connectivity index (χ1n) is 7.92. The summed E-state index contributed by atoms with van der Waals surface area (Å²) in [6, 6.07) is 12.6. The van der Waals surface area contributed by atoms with Gasteiger partial charge in [0.05, 0.1) is 28.9 Å². The molecule has 0 N–H and O–H groups in total. The largest absolute Gasteiger partial charge is 0.301 e. The van der Waals surface area contributed by atoms with Crippen molar-refractivity contribution >= 4 is 17.2 Å². The van der Waals surface area contributed by atoms with Crippen LogP contribution < -0.4 is 0 Å². The van der Waals surface area contributed by atoms with Crippen LogP contribution in [-0.2, 0) is 19.3 Å². The van der Waals surface area contributed by atoms with Crippen LogP contribution in [0.15, 0.2) is 36.5 Å². The number of aryl methyl sites for hydroxylation is 2. The third kappa shape index (κ3) is 2.50. The van der Waals surface area contributed by atoms with Gasteiger partial charge in [-0.2, -0.15) is 5.26 Å². The zero-order valence-electron chi connectivity index (χ0n) is 12.7. The van der Waals surface area contributed by atoms with E-state index in [0.717, 1.165) is 29.0 Å². The van der Waals surface area contributed by atoms with Crippen LogP contribution in [0.2, 0.25) is 5.02 Å². The molecule has 0 bridgehead atoms. The van der Waals surface area contributed by atoms with Crippen molar-refractivity contribution in [3.63, 3.8) is 0 Å². The summed E-state index contributed by atoms with van der Waals surface area (Å²) in [5.74, 6) is 0. The lowest BCUT2D eigenvalue weighted by molar-refractivity contribution is 0.686. The molecule has 3 nitrogen and oxygen atoms in total. The van der Waals surface area contributed by atoms with Gasteiger partial charge < -0.3 is 4.40 Å². The third-order valence-corrected chi connectivity index (χ3v) is 4.77. The van der Waals surface area contributed by atoms with E-state index in [1.165, 1.54) is 30.4 Å². The van der Waals surface area contributed by atoms with Gasteiger partial charge in [-0.15, -0.1) is 0 Å². The number of imidazole rings is 1. The molecule has 3 aromatic rings. The van der Waals surface area contributed by atoms with Crippen LogP contribution in [-0.4, -0.2) is 9.38 Å². The number of nitrogens with zero attached hydrogens (tertiary/aromatic N) is 3. The molecule has 0 atom stereocenters. The molecule has 1 aliphatic rings. The highest BCUT2D eigenvalue weighted by atomic mass is 35.5. The second kappa shape index (κ2) is 5.72. The molecule has 0 saturated heterocycles. The molecule has 4 heteroatoms. The van der Waals surface area contributed by atoms with E-state index in [-0.39, 0.29) is 0 Å². The van der Waals surface area contributed by atoms with Crippen molar-refractivity contribution in [1.29, 1.82) is 5.26 Å². The molecule has 1 aliphatic carbocycles. The van der Waals surface area contributed by atoms with E-state index in [9.17, 15) is 5.26 Å². The van der Waals surface area contributed by atoms with Crippen molar-refractivity contribution in [2.24, 2.45) is 0 Å². The molecule has 0 saturated carbocycles. The smallest absolute Gasteiger partial charge is 0.137 e. The fourth-order valence-electron chi connectivity index (χ4n) is 3.42. The lowest BCUT2D eigenvalue weighted by Gasteiger charge is -2.16. The number of hydrogen-bond donors (Lipinski definition) is 0. The number of rotatable bonds is 2. The highest BCUT2D eigenvalue weighted by Gasteiger charge is 2.16. The SMILES string of the molecule is N#CCc1c(-c2ccc3c(c2)CCCC3)nc2ccc(Cl)cn12. The standard InChI is InChI=1S/C19H16ClN3/c20-16-7-8-18-22-19(17(9-10-21)23(18)12-16)15-6-5-13-3-1-2-4-14(13)11-15/h5-8,11-12H,1-4,9H2. The first kappa shape index (κ1) is 14.3. The maximum atomic E-state index is 9.21. The molecular formula is C19H16ClN3. The Morgan fingerprint density at radius 1 is 1.13 bits per heavy atom.